The van der Waals surface area contributed by atoms with Crippen LogP contribution in [0.1, 0.15) is 5.56 Å². The summed E-state index contributed by atoms with van der Waals surface area (Å²) in [5.74, 6) is 3.42. The molecule has 0 radical (unpaired) electrons. The minimum absolute atomic E-state index is 0.572. The Hall–Kier alpha value is -2.21. The van der Waals surface area contributed by atoms with Gasteiger partial charge in [-0.15, -0.1) is 0 Å². The molecule has 1 aromatic heterocycles. The molecule has 2 N–H and O–H groups in total. The summed E-state index contributed by atoms with van der Waals surface area (Å²) in [5, 5.41) is 11.3. The summed E-state index contributed by atoms with van der Waals surface area (Å²) in [7, 11) is 0. The molecular formula is C17H22N4O2. The second-order valence-electron chi connectivity index (χ2n) is 6.08. The van der Waals surface area contributed by atoms with Crippen molar-refractivity contribution in [2.75, 3.05) is 38.2 Å². The largest absolute Gasteiger partial charge is 0.486 e. The fraction of sp³-hybridized carbons (Fsp3) is 0.471. The van der Waals surface area contributed by atoms with E-state index >= 15 is 0 Å². The quantitative estimate of drug-likeness (QED) is 0.820. The third kappa shape index (κ3) is 3.27. The van der Waals surface area contributed by atoms with E-state index in [-0.39, 0.29) is 0 Å². The van der Waals surface area contributed by atoms with Gasteiger partial charge in [-0.3, -0.25) is 0 Å². The lowest BCUT2D eigenvalue weighted by molar-refractivity contribution is 0.171. The number of aromatic nitrogens is 2. The highest BCUT2D eigenvalue weighted by atomic mass is 16.6. The van der Waals surface area contributed by atoms with Gasteiger partial charge in [-0.1, -0.05) is 6.07 Å². The van der Waals surface area contributed by atoms with Crippen LogP contribution in [0, 0.1) is 5.92 Å². The SMILES string of the molecule is c1cc2n(n1)C[C@H](CNCCc1ccc3c(c1)OCCO3)CN2. The third-order valence-corrected chi connectivity index (χ3v) is 4.35. The second-order valence-corrected chi connectivity index (χ2v) is 6.08. The Labute approximate surface area is 135 Å². The van der Waals surface area contributed by atoms with Crippen molar-refractivity contribution in [2.24, 2.45) is 5.92 Å². The molecule has 2 aliphatic rings. The van der Waals surface area contributed by atoms with Gasteiger partial charge in [0.05, 0.1) is 6.20 Å². The number of nitrogens with zero attached hydrogens (tertiary/aromatic N) is 2. The van der Waals surface area contributed by atoms with Crippen LogP contribution in [-0.4, -0.2) is 42.6 Å². The molecule has 122 valence electrons. The van der Waals surface area contributed by atoms with Gasteiger partial charge in [-0.25, -0.2) is 4.68 Å². The predicted octanol–water partition coefficient (Wildman–Crippen LogP) is 1.53. The molecule has 0 unspecified atom stereocenters. The maximum Gasteiger partial charge on any atom is 0.161 e. The molecule has 2 aromatic rings. The summed E-state index contributed by atoms with van der Waals surface area (Å²) in [6.45, 7) is 5.22. The Morgan fingerprint density at radius 3 is 3.09 bits per heavy atom. The standard InChI is InChI=1S/C17H22N4O2/c1-2-15-16(23-8-7-22-15)9-13(1)3-5-18-10-14-11-19-17-4-6-20-21(17)12-14/h1-2,4,6,9,14,18-19H,3,5,7-8,10-12H2/t14-/m1/s1. The highest BCUT2D eigenvalue weighted by Gasteiger charge is 2.17. The lowest BCUT2D eigenvalue weighted by atomic mass is 10.1. The normalized spacial score (nSPS) is 19.0. The lowest BCUT2D eigenvalue weighted by Crippen LogP contribution is -2.36. The average molecular weight is 314 g/mol. The van der Waals surface area contributed by atoms with E-state index in [0.717, 1.165) is 49.9 Å². The molecule has 0 amide bonds. The minimum Gasteiger partial charge on any atom is -0.486 e. The van der Waals surface area contributed by atoms with Crippen LogP contribution in [0.15, 0.2) is 30.5 Å². The van der Waals surface area contributed by atoms with Crippen LogP contribution in [0.25, 0.3) is 0 Å². The first-order valence-corrected chi connectivity index (χ1v) is 8.23. The zero-order valence-corrected chi connectivity index (χ0v) is 13.1. The number of hydrogen-bond acceptors (Lipinski definition) is 5. The molecule has 0 saturated carbocycles. The topological polar surface area (TPSA) is 60.3 Å². The fourth-order valence-corrected chi connectivity index (χ4v) is 3.11. The number of ether oxygens (including phenoxy) is 2. The summed E-state index contributed by atoms with van der Waals surface area (Å²) >= 11 is 0. The van der Waals surface area contributed by atoms with Crippen LogP contribution in [0.5, 0.6) is 11.5 Å². The third-order valence-electron chi connectivity index (χ3n) is 4.35. The van der Waals surface area contributed by atoms with Crippen molar-refractivity contribution < 1.29 is 9.47 Å². The number of rotatable bonds is 5. The average Bonchev–Trinajstić information content (AvgIpc) is 3.06. The lowest BCUT2D eigenvalue weighted by Gasteiger charge is -2.25. The summed E-state index contributed by atoms with van der Waals surface area (Å²) in [6.07, 6.45) is 2.84. The van der Waals surface area contributed by atoms with Gasteiger partial charge < -0.3 is 20.1 Å². The molecular weight excluding hydrogens is 292 g/mol. The molecule has 0 saturated heterocycles. The van der Waals surface area contributed by atoms with E-state index < -0.39 is 0 Å². The molecule has 1 aromatic carbocycles. The van der Waals surface area contributed by atoms with E-state index in [0.29, 0.717) is 19.1 Å². The van der Waals surface area contributed by atoms with Crippen LogP contribution in [0.2, 0.25) is 0 Å². The van der Waals surface area contributed by atoms with Gasteiger partial charge in [0.1, 0.15) is 19.0 Å². The van der Waals surface area contributed by atoms with E-state index in [4.69, 9.17) is 9.47 Å². The Morgan fingerprint density at radius 2 is 2.13 bits per heavy atom. The van der Waals surface area contributed by atoms with Crippen molar-refractivity contribution >= 4 is 5.82 Å². The highest BCUT2D eigenvalue weighted by molar-refractivity contribution is 5.43. The number of anilines is 1. The van der Waals surface area contributed by atoms with Crippen LogP contribution in [0.4, 0.5) is 5.82 Å². The maximum atomic E-state index is 5.63. The van der Waals surface area contributed by atoms with Crippen molar-refractivity contribution in [3.8, 4) is 11.5 Å². The summed E-state index contributed by atoms with van der Waals surface area (Å²) in [5.41, 5.74) is 1.28. The Morgan fingerprint density at radius 1 is 1.22 bits per heavy atom. The van der Waals surface area contributed by atoms with Crippen molar-refractivity contribution in [3.05, 3.63) is 36.0 Å². The molecule has 23 heavy (non-hydrogen) atoms. The van der Waals surface area contributed by atoms with Gasteiger partial charge in [0, 0.05) is 31.6 Å². The van der Waals surface area contributed by atoms with Crippen LogP contribution < -0.4 is 20.1 Å². The predicted molar refractivity (Wildman–Crippen MR) is 88.2 cm³/mol. The summed E-state index contributed by atoms with van der Waals surface area (Å²) < 4.78 is 13.2. The van der Waals surface area contributed by atoms with Gasteiger partial charge in [0.25, 0.3) is 0 Å². The number of nitrogens with one attached hydrogen (secondary N) is 2. The molecule has 4 rings (SSSR count). The summed E-state index contributed by atoms with van der Waals surface area (Å²) in [4.78, 5) is 0. The van der Waals surface area contributed by atoms with Crippen LogP contribution >= 0.6 is 0 Å². The number of hydrogen-bond donors (Lipinski definition) is 2. The molecule has 1 atom stereocenters. The Bertz CT molecular complexity index is 670. The van der Waals surface area contributed by atoms with Crippen molar-refractivity contribution in [2.45, 2.75) is 13.0 Å². The fourth-order valence-electron chi connectivity index (χ4n) is 3.11. The van der Waals surface area contributed by atoms with Crippen molar-refractivity contribution in [1.29, 1.82) is 0 Å². The van der Waals surface area contributed by atoms with Gasteiger partial charge in [-0.2, -0.15) is 5.10 Å². The first kappa shape index (κ1) is 14.4. The van der Waals surface area contributed by atoms with Crippen molar-refractivity contribution in [3.63, 3.8) is 0 Å². The molecule has 6 nitrogen and oxygen atoms in total. The molecule has 0 spiro atoms. The van der Waals surface area contributed by atoms with E-state index in [9.17, 15) is 0 Å². The van der Waals surface area contributed by atoms with Crippen LogP contribution in [-0.2, 0) is 13.0 Å². The van der Waals surface area contributed by atoms with E-state index in [1.54, 1.807) is 0 Å². The first-order valence-electron chi connectivity index (χ1n) is 8.23. The molecule has 2 aliphatic heterocycles. The maximum absolute atomic E-state index is 5.63. The van der Waals surface area contributed by atoms with Gasteiger partial charge >= 0.3 is 0 Å². The summed E-state index contributed by atoms with van der Waals surface area (Å²) in [6, 6.07) is 8.24. The zero-order chi connectivity index (χ0) is 15.5. The molecule has 0 fully saturated rings. The highest BCUT2D eigenvalue weighted by Crippen LogP contribution is 2.30. The first-order chi connectivity index (χ1) is 11.4. The van der Waals surface area contributed by atoms with Gasteiger partial charge in [0.2, 0.25) is 0 Å². The van der Waals surface area contributed by atoms with Gasteiger partial charge in [-0.05, 0) is 30.7 Å². The Balaban J connectivity index is 1.23. The van der Waals surface area contributed by atoms with E-state index in [2.05, 4.69) is 27.9 Å². The zero-order valence-electron chi connectivity index (χ0n) is 13.1. The van der Waals surface area contributed by atoms with E-state index in [1.165, 1.54) is 5.56 Å². The second kappa shape index (κ2) is 6.50. The number of fused-ring (bicyclic) bond motifs is 2. The molecule has 6 heteroatoms. The smallest absolute Gasteiger partial charge is 0.161 e. The monoisotopic (exact) mass is 314 g/mol. The van der Waals surface area contributed by atoms with Crippen molar-refractivity contribution in [1.82, 2.24) is 15.1 Å². The molecule has 0 bridgehead atoms. The molecule has 3 heterocycles. The molecule has 0 aliphatic carbocycles. The Kier molecular flexibility index (Phi) is 4.06. The van der Waals surface area contributed by atoms with Gasteiger partial charge in [0.15, 0.2) is 11.5 Å². The van der Waals surface area contributed by atoms with E-state index in [1.807, 2.05) is 23.0 Å². The number of benzene rings is 1. The van der Waals surface area contributed by atoms with Crippen LogP contribution in [0.3, 0.4) is 0 Å². The minimum atomic E-state index is 0.572.